The molecule has 0 radical (unpaired) electrons. The molecule has 21 heavy (non-hydrogen) atoms. The van der Waals surface area contributed by atoms with E-state index in [1.54, 1.807) is 13.3 Å². The number of aromatic amines is 1. The summed E-state index contributed by atoms with van der Waals surface area (Å²) in [6.07, 6.45) is 3.61. The average molecular weight is 275 g/mol. The molecule has 0 aliphatic carbocycles. The van der Waals surface area contributed by atoms with E-state index in [4.69, 9.17) is 4.74 Å². The van der Waals surface area contributed by atoms with Crippen LogP contribution in [0.25, 0.3) is 33.1 Å². The second kappa shape index (κ2) is 4.59. The topological polar surface area (TPSA) is 50.8 Å². The minimum atomic E-state index is 0.619. The second-order valence-corrected chi connectivity index (χ2v) is 4.88. The molecule has 102 valence electrons. The number of H-pyrrole nitrogens is 1. The van der Waals surface area contributed by atoms with E-state index in [0.717, 1.165) is 33.1 Å². The lowest BCUT2D eigenvalue weighted by Gasteiger charge is -2.08. The van der Waals surface area contributed by atoms with E-state index in [1.165, 1.54) is 0 Å². The Kier molecular flexibility index (Phi) is 2.60. The van der Waals surface area contributed by atoms with Gasteiger partial charge in [0.2, 0.25) is 5.88 Å². The lowest BCUT2D eigenvalue weighted by atomic mass is 10.1. The van der Waals surface area contributed by atoms with Crippen molar-refractivity contribution in [2.24, 2.45) is 0 Å². The highest BCUT2D eigenvalue weighted by Crippen LogP contribution is 2.32. The van der Waals surface area contributed by atoms with Crippen LogP contribution in [0.5, 0.6) is 5.88 Å². The molecule has 4 rings (SSSR count). The Morgan fingerprint density at radius 1 is 1.05 bits per heavy atom. The van der Waals surface area contributed by atoms with Crippen LogP contribution in [0.15, 0.2) is 54.9 Å². The highest BCUT2D eigenvalue weighted by Gasteiger charge is 2.12. The Morgan fingerprint density at radius 3 is 2.81 bits per heavy atom. The molecule has 4 nitrogen and oxygen atoms in total. The molecule has 3 aromatic heterocycles. The Morgan fingerprint density at radius 2 is 1.95 bits per heavy atom. The van der Waals surface area contributed by atoms with Crippen LogP contribution >= 0.6 is 0 Å². The smallest absolute Gasteiger partial charge is 0.223 e. The van der Waals surface area contributed by atoms with Gasteiger partial charge in [0.1, 0.15) is 0 Å². The first-order chi connectivity index (χ1) is 10.3. The normalized spacial score (nSPS) is 11.1. The Balaban J connectivity index is 1.99. The first-order valence-electron chi connectivity index (χ1n) is 6.72. The molecule has 4 aromatic rings. The number of pyridine rings is 2. The van der Waals surface area contributed by atoms with Gasteiger partial charge in [0.05, 0.1) is 35.6 Å². The highest BCUT2D eigenvalue weighted by molar-refractivity contribution is 5.90. The molecule has 1 N–H and O–H groups in total. The number of nitrogens with one attached hydrogen (secondary N) is 1. The number of methoxy groups -OCH3 is 1. The zero-order valence-electron chi connectivity index (χ0n) is 11.5. The van der Waals surface area contributed by atoms with Gasteiger partial charge in [-0.25, -0.2) is 4.98 Å². The molecule has 0 aliphatic rings. The molecule has 4 heteroatoms. The number of nitrogens with zero attached hydrogens (tertiary/aromatic N) is 2. The highest BCUT2D eigenvalue weighted by atomic mass is 16.5. The van der Waals surface area contributed by atoms with E-state index in [2.05, 4.69) is 33.2 Å². The van der Waals surface area contributed by atoms with Crippen molar-refractivity contribution in [2.45, 2.75) is 0 Å². The summed E-state index contributed by atoms with van der Waals surface area (Å²) in [5, 5.41) is 2.21. The van der Waals surface area contributed by atoms with E-state index in [-0.39, 0.29) is 0 Å². The fourth-order valence-corrected chi connectivity index (χ4v) is 2.56. The van der Waals surface area contributed by atoms with Crippen LogP contribution in [0.4, 0.5) is 0 Å². The van der Waals surface area contributed by atoms with Gasteiger partial charge in [-0.1, -0.05) is 18.2 Å². The summed E-state index contributed by atoms with van der Waals surface area (Å²) in [7, 11) is 1.64. The van der Waals surface area contributed by atoms with E-state index >= 15 is 0 Å². The van der Waals surface area contributed by atoms with Gasteiger partial charge in [-0.2, -0.15) is 0 Å². The number of hydrogen-bond donors (Lipinski definition) is 1. The van der Waals surface area contributed by atoms with Crippen LogP contribution in [-0.2, 0) is 0 Å². The maximum atomic E-state index is 5.46. The number of benzene rings is 1. The molecule has 0 atom stereocenters. The van der Waals surface area contributed by atoms with E-state index in [1.807, 2.05) is 30.5 Å². The molecule has 0 saturated heterocycles. The van der Waals surface area contributed by atoms with Crippen molar-refractivity contribution in [3.8, 4) is 17.1 Å². The Labute approximate surface area is 121 Å². The fourth-order valence-electron chi connectivity index (χ4n) is 2.56. The first-order valence-corrected chi connectivity index (χ1v) is 6.72. The van der Waals surface area contributed by atoms with Crippen LogP contribution in [0.3, 0.4) is 0 Å². The number of hydrogen-bond acceptors (Lipinski definition) is 3. The largest absolute Gasteiger partial charge is 0.480 e. The van der Waals surface area contributed by atoms with Gasteiger partial charge < -0.3 is 9.72 Å². The van der Waals surface area contributed by atoms with Gasteiger partial charge >= 0.3 is 0 Å². The van der Waals surface area contributed by atoms with Crippen LogP contribution in [0.1, 0.15) is 0 Å². The maximum Gasteiger partial charge on any atom is 0.223 e. The third-order valence-electron chi connectivity index (χ3n) is 3.60. The minimum Gasteiger partial charge on any atom is -0.480 e. The number of ether oxygens (including phenoxy) is 1. The summed E-state index contributed by atoms with van der Waals surface area (Å²) in [5.41, 5.74) is 3.86. The second-order valence-electron chi connectivity index (χ2n) is 4.88. The van der Waals surface area contributed by atoms with Gasteiger partial charge in [-0.15, -0.1) is 0 Å². The van der Waals surface area contributed by atoms with Crippen molar-refractivity contribution in [2.75, 3.05) is 7.11 Å². The van der Waals surface area contributed by atoms with Crippen LogP contribution in [-0.4, -0.2) is 22.1 Å². The molecule has 0 fully saturated rings. The van der Waals surface area contributed by atoms with Crippen LogP contribution < -0.4 is 4.74 Å². The zero-order chi connectivity index (χ0) is 14.2. The molecule has 1 aromatic carbocycles. The van der Waals surface area contributed by atoms with Crippen molar-refractivity contribution in [3.63, 3.8) is 0 Å². The molecule has 0 unspecified atom stereocenters. The monoisotopic (exact) mass is 275 g/mol. The summed E-state index contributed by atoms with van der Waals surface area (Å²) in [6.45, 7) is 0. The quantitative estimate of drug-likeness (QED) is 0.605. The summed E-state index contributed by atoms with van der Waals surface area (Å²) in [4.78, 5) is 12.1. The molecule has 0 spiro atoms. The molecular formula is C17H13N3O. The van der Waals surface area contributed by atoms with Gasteiger partial charge in [-0.3, -0.25) is 4.98 Å². The molecular weight excluding hydrogens is 262 g/mol. The zero-order valence-corrected chi connectivity index (χ0v) is 11.5. The molecule has 0 amide bonds. The number of para-hydroxylation sites is 1. The van der Waals surface area contributed by atoms with Crippen LogP contribution in [0, 0.1) is 0 Å². The van der Waals surface area contributed by atoms with Crippen molar-refractivity contribution < 1.29 is 4.74 Å². The summed E-state index contributed by atoms with van der Waals surface area (Å²) in [5.74, 6) is 0.619. The lowest BCUT2D eigenvalue weighted by Crippen LogP contribution is -1.92. The van der Waals surface area contributed by atoms with Crippen molar-refractivity contribution in [1.29, 1.82) is 0 Å². The summed E-state index contributed by atoms with van der Waals surface area (Å²) < 4.78 is 5.46. The average Bonchev–Trinajstić information content (AvgIpc) is 2.97. The van der Waals surface area contributed by atoms with Gasteiger partial charge in [0.25, 0.3) is 0 Å². The predicted octanol–water partition coefficient (Wildman–Crippen LogP) is 3.79. The van der Waals surface area contributed by atoms with Crippen molar-refractivity contribution >= 4 is 21.8 Å². The first kappa shape index (κ1) is 11.9. The Hall–Kier alpha value is -2.88. The van der Waals surface area contributed by atoms with Gasteiger partial charge in [0.15, 0.2) is 0 Å². The van der Waals surface area contributed by atoms with E-state index < -0.39 is 0 Å². The number of rotatable bonds is 2. The maximum absolute atomic E-state index is 5.46. The number of aromatic nitrogens is 3. The molecule has 0 bridgehead atoms. The standard InChI is InChI=1S/C17H13N3O/c1-21-17-13(8-11-4-2-3-5-14(11)20-17)15-9-12-6-7-18-10-16(12)19-15/h2-10,19H,1H3. The molecule has 0 saturated carbocycles. The SMILES string of the molecule is COc1nc2ccccc2cc1-c1cc2ccncc2[nH]1. The summed E-state index contributed by atoms with van der Waals surface area (Å²) >= 11 is 0. The summed E-state index contributed by atoms with van der Waals surface area (Å²) in [6, 6.07) is 14.2. The van der Waals surface area contributed by atoms with Gasteiger partial charge in [0, 0.05) is 17.0 Å². The van der Waals surface area contributed by atoms with Crippen LogP contribution in [0.2, 0.25) is 0 Å². The van der Waals surface area contributed by atoms with Gasteiger partial charge in [-0.05, 0) is 24.3 Å². The third-order valence-corrected chi connectivity index (χ3v) is 3.60. The lowest BCUT2D eigenvalue weighted by molar-refractivity contribution is 0.401. The minimum absolute atomic E-state index is 0.619. The number of fused-ring (bicyclic) bond motifs is 2. The van der Waals surface area contributed by atoms with Crippen molar-refractivity contribution in [3.05, 3.63) is 54.9 Å². The third kappa shape index (κ3) is 1.92. The van der Waals surface area contributed by atoms with Crippen molar-refractivity contribution in [1.82, 2.24) is 15.0 Å². The molecule has 0 aliphatic heterocycles. The van der Waals surface area contributed by atoms with E-state index in [9.17, 15) is 0 Å². The predicted molar refractivity (Wildman–Crippen MR) is 83.4 cm³/mol. The Bertz CT molecular complexity index is 910. The fraction of sp³-hybridized carbons (Fsp3) is 0.0588. The molecule has 3 heterocycles. The van der Waals surface area contributed by atoms with E-state index in [0.29, 0.717) is 5.88 Å².